The summed E-state index contributed by atoms with van der Waals surface area (Å²) in [4.78, 5) is 0. The minimum Gasteiger partial charge on any atom is -0.390 e. The number of aliphatic hydroxyl groups is 2. The van der Waals surface area contributed by atoms with Crippen molar-refractivity contribution < 1.29 is 10.2 Å². The van der Waals surface area contributed by atoms with Gasteiger partial charge in [-0.15, -0.1) is 0 Å². The molecule has 1 saturated carbocycles. The molecule has 0 aromatic rings. The largest absolute Gasteiger partial charge is 0.390 e. The lowest BCUT2D eigenvalue weighted by Gasteiger charge is -2.19. The maximum atomic E-state index is 9.38. The molecular weight excluding hydrogens is 130 g/mol. The fraction of sp³-hybridized carbons (Fsp3) is 1.00. The molecule has 1 heterocycles. The number of hydrogen-bond donors (Lipinski definition) is 3. The Kier molecular flexibility index (Phi) is 1.44. The van der Waals surface area contributed by atoms with Crippen molar-refractivity contribution in [3.8, 4) is 0 Å². The van der Waals surface area contributed by atoms with E-state index in [1.165, 1.54) is 0 Å². The van der Waals surface area contributed by atoms with Gasteiger partial charge in [0.05, 0.1) is 12.2 Å². The van der Waals surface area contributed by atoms with Gasteiger partial charge in [0.1, 0.15) is 0 Å². The van der Waals surface area contributed by atoms with Gasteiger partial charge in [-0.2, -0.15) is 0 Å². The first-order valence-electron chi connectivity index (χ1n) is 3.88. The molecule has 0 amide bonds. The average molecular weight is 143 g/mol. The Morgan fingerprint density at radius 2 is 2.00 bits per heavy atom. The van der Waals surface area contributed by atoms with Gasteiger partial charge in [0, 0.05) is 6.04 Å². The van der Waals surface area contributed by atoms with Crippen molar-refractivity contribution in [3.05, 3.63) is 0 Å². The highest BCUT2D eigenvalue weighted by Gasteiger charge is 2.43. The first kappa shape index (κ1) is 6.58. The van der Waals surface area contributed by atoms with Crippen LogP contribution in [0.3, 0.4) is 0 Å². The van der Waals surface area contributed by atoms with Gasteiger partial charge >= 0.3 is 0 Å². The molecule has 1 aliphatic heterocycles. The molecule has 1 aliphatic carbocycles. The van der Waals surface area contributed by atoms with Crippen LogP contribution in [0.4, 0.5) is 0 Å². The summed E-state index contributed by atoms with van der Waals surface area (Å²) < 4.78 is 0. The molecule has 10 heavy (non-hydrogen) atoms. The van der Waals surface area contributed by atoms with E-state index in [1.54, 1.807) is 0 Å². The standard InChI is InChI=1S/C7H13NO2/c9-6-4-1-2-8-5(3-4)7(6)10/h4-10H,1-3H2/t4-,5+,6-,7-/m1/s1. The van der Waals surface area contributed by atoms with Gasteiger partial charge in [-0.05, 0) is 25.3 Å². The van der Waals surface area contributed by atoms with Crippen LogP contribution in [0.1, 0.15) is 12.8 Å². The van der Waals surface area contributed by atoms with Gasteiger partial charge < -0.3 is 15.5 Å². The minimum absolute atomic E-state index is 0.161. The van der Waals surface area contributed by atoms with Gasteiger partial charge in [-0.1, -0.05) is 0 Å². The molecule has 2 aliphatic rings. The molecule has 2 rings (SSSR count). The Balaban J connectivity index is 2.13. The summed E-state index contributed by atoms with van der Waals surface area (Å²) in [5.41, 5.74) is 0. The predicted molar refractivity (Wildman–Crippen MR) is 36.5 cm³/mol. The Bertz CT molecular complexity index is 122. The van der Waals surface area contributed by atoms with Crippen molar-refractivity contribution in [2.75, 3.05) is 6.54 Å². The second-order valence-electron chi connectivity index (χ2n) is 3.33. The van der Waals surface area contributed by atoms with Gasteiger partial charge in [-0.25, -0.2) is 0 Å². The van der Waals surface area contributed by atoms with Crippen molar-refractivity contribution >= 4 is 0 Å². The molecule has 4 atom stereocenters. The third kappa shape index (κ3) is 0.779. The molecule has 2 bridgehead atoms. The van der Waals surface area contributed by atoms with Gasteiger partial charge in [-0.3, -0.25) is 0 Å². The van der Waals surface area contributed by atoms with E-state index in [4.69, 9.17) is 0 Å². The normalized spacial score (nSPS) is 53.4. The summed E-state index contributed by atoms with van der Waals surface area (Å²) in [6.45, 7) is 0.948. The summed E-state index contributed by atoms with van der Waals surface area (Å²) in [5.74, 6) is 0.348. The SMILES string of the molecule is O[C@@H]1[C@@H]2CCN[C@@H](C2)[C@H]1O. The first-order chi connectivity index (χ1) is 4.79. The quantitative estimate of drug-likeness (QED) is 0.411. The van der Waals surface area contributed by atoms with Gasteiger partial charge in [0.15, 0.2) is 0 Å². The lowest BCUT2D eigenvalue weighted by Crippen LogP contribution is -2.39. The van der Waals surface area contributed by atoms with E-state index in [2.05, 4.69) is 5.32 Å². The molecule has 0 spiro atoms. The maximum Gasteiger partial charge on any atom is 0.0954 e. The van der Waals surface area contributed by atoms with Crippen LogP contribution in [0.25, 0.3) is 0 Å². The molecule has 3 heteroatoms. The van der Waals surface area contributed by atoms with E-state index in [1.807, 2.05) is 0 Å². The molecule has 3 nitrogen and oxygen atoms in total. The zero-order chi connectivity index (χ0) is 7.14. The first-order valence-corrected chi connectivity index (χ1v) is 3.88. The van der Waals surface area contributed by atoms with Crippen molar-refractivity contribution in [2.24, 2.45) is 5.92 Å². The van der Waals surface area contributed by atoms with Crippen LogP contribution in [-0.2, 0) is 0 Å². The van der Waals surface area contributed by atoms with Gasteiger partial charge in [0.2, 0.25) is 0 Å². The minimum atomic E-state index is -0.521. The monoisotopic (exact) mass is 143 g/mol. The summed E-state index contributed by atoms with van der Waals surface area (Å²) >= 11 is 0. The average Bonchev–Trinajstić information content (AvgIpc) is 2.17. The van der Waals surface area contributed by atoms with Crippen molar-refractivity contribution in [1.29, 1.82) is 0 Å². The summed E-state index contributed by atoms with van der Waals surface area (Å²) in [7, 11) is 0. The number of nitrogens with one attached hydrogen (secondary N) is 1. The number of piperidine rings is 1. The number of rotatable bonds is 0. The molecular formula is C7H13NO2. The molecule has 0 unspecified atom stereocenters. The fourth-order valence-corrected chi connectivity index (χ4v) is 2.07. The van der Waals surface area contributed by atoms with E-state index in [-0.39, 0.29) is 6.04 Å². The van der Waals surface area contributed by atoms with E-state index in [0.717, 1.165) is 19.4 Å². The van der Waals surface area contributed by atoms with E-state index < -0.39 is 12.2 Å². The number of hydrogen-bond acceptors (Lipinski definition) is 3. The molecule has 0 aromatic heterocycles. The Hall–Kier alpha value is -0.120. The van der Waals surface area contributed by atoms with E-state index >= 15 is 0 Å². The number of fused-ring (bicyclic) bond motifs is 2. The van der Waals surface area contributed by atoms with E-state index in [0.29, 0.717) is 5.92 Å². The molecule has 58 valence electrons. The smallest absolute Gasteiger partial charge is 0.0954 e. The second-order valence-corrected chi connectivity index (χ2v) is 3.33. The topological polar surface area (TPSA) is 52.5 Å². The van der Waals surface area contributed by atoms with E-state index in [9.17, 15) is 10.2 Å². The Labute approximate surface area is 60.1 Å². The zero-order valence-corrected chi connectivity index (χ0v) is 5.83. The third-order valence-corrected chi connectivity index (χ3v) is 2.72. The van der Waals surface area contributed by atoms with Crippen LogP contribution in [0.5, 0.6) is 0 Å². The zero-order valence-electron chi connectivity index (χ0n) is 5.83. The van der Waals surface area contributed by atoms with Crippen LogP contribution in [0.2, 0.25) is 0 Å². The number of aliphatic hydroxyl groups excluding tert-OH is 2. The van der Waals surface area contributed by atoms with Crippen LogP contribution < -0.4 is 5.32 Å². The summed E-state index contributed by atoms with van der Waals surface area (Å²) in [6.07, 6.45) is 0.962. The third-order valence-electron chi connectivity index (χ3n) is 2.72. The predicted octanol–water partition coefficient (Wildman–Crippen LogP) is -0.910. The van der Waals surface area contributed by atoms with Gasteiger partial charge in [0.25, 0.3) is 0 Å². The second kappa shape index (κ2) is 2.19. The Morgan fingerprint density at radius 1 is 1.20 bits per heavy atom. The molecule has 2 fully saturated rings. The van der Waals surface area contributed by atoms with Crippen LogP contribution >= 0.6 is 0 Å². The van der Waals surface area contributed by atoms with Crippen LogP contribution in [0, 0.1) is 5.92 Å². The highest BCUT2D eigenvalue weighted by molar-refractivity contribution is 4.98. The van der Waals surface area contributed by atoms with Crippen LogP contribution in [0.15, 0.2) is 0 Å². The molecule has 0 aromatic carbocycles. The lowest BCUT2D eigenvalue weighted by atomic mass is 9.99. The van der Waals surface area contributed by atoms with Crippen LogP contribution in [-0.4, -0.2) is 35.0 Å². The highest BCUT2D eigenvalue weighted by Crippen LogP contribution is 2.31. The highest BCUT2D eigenvalue weighted by atomic mass is 16.3. The molecule has 1 saturated heterocycles. The fourth-order valence-electron chi connectivity index (χ4n) is 2.07. The summed E-state index contributed by atoms with van der Waals surface area (Å²) in [6, 6.07) is 0.161. The van der Waals surface area contributed by atoms with Crippen molar-refractivity contribution in [2.45, 2.75) is 31.1 Å². The molecule has 3 N–H and O–H groups in total. The maximum absolute atomic E-state index is 9.38. The van der Waals surface area contributed by atoms with Crippen molar-refractivity contribution in [1.82, 2.24) is 5.32 Å². The Morgan fingerprint density at radius 3 is 2.60 bits per heavy atom. The molecule has 0 radical (unpaired) electrons. The lowest BCUT2D eigenvalue weighted by molar-refractivity contribution is 0.0183. The van der Waals surface area contributed by atoms with Crippen molar-refractivity contribution in [3.63, 3.8) is 0 Å². The summed E-state index contributed by atoms with van der Waals surface area (Å²) in [5, 5.41) is 21.9.